The minimum atomic E-state index is -0.581. The first-order valence-corrected chi connectivity index (χ1v) is 6.59. The number of carbonyl (C=O) groups excluding carboxylic acids is 1. The first-order valence-electron chi connectivity index (χ1n) is 5.79. The Hall–Kier alpha value is -0.910. The molecule has 1 rings (SSSR count). The molecule has 1 unspecified atom stereocenters. The van der Waals surface area contributed by atoms with E-state index in [2.05, 4.69) is 15.9 Å². The van der Waals surface area contributed by atoms with Crippen molar-refractivity contribution in [2.75, 3.05) is 13.7 Å². The van der Waals surface area contributed by atoms with Gasteiger partial charge in [0.1, 0.15) is 12.6 Å². The zero-order chi connectivity index (χ0) is 13.4. The predicted octanol–water partition coefficient (Wildman–Crippen LogP) is 2.25. The molecule has 2 N–H and O–H groups in total. The Morgan fingerprint density at radius 2 is 2.17 bits per heavy atom. The van der Waals surface area contributed by atoms with Crippen LogP contribution in [0, 0.1) is 0 Å². The molecule has 0 aliphatic rings. The highest BCUT2D eigenvalue weighted by Crippen LogP contribution is 2.16. The van der Waals surface area contributed by atoms with Gasteiger partial charge in [-0.3, -0.25) is 4.79 Å². The SMILES string of the molecule is COCCCC(N)C(=O)OCc1ccccc1Br. The van der Waals surface area contributed by atoms with Gasteiger partial charge in [-0.1, -0.05) is 34.1 Å². The fourth-order valence-electron chi connectivity index (χ4n) is 1.44. The van der Waals surface area contributed by atoms with Crippen molar-refractivity contribution < 1.29 is 14.3 Å². The number of benzene rings is 1. The second-order valence-electron chi connectivity index (χ2n) is 3.94. The van der Waals surface area contributed by atoms with Crippen LogP contribution in [0.1, 0.15) is 18.4 Å². The molecular formula is C13H18BrNO3. The molecule has 100 valence electrons. The number of ether oxygens (including phenoxy) is 2. The third-order valence-corrected chi connectivity index (χ3v) is 3.27. The maximum Gasteiger partial charge on any atom is 0.323 e. The van der Waals surface area contributed by atoms with Gasteiger partial charge in [0.05, 0.1) is 0 Å². The number of rotatable bonds is 7. The van der Waals surface area contributed by atoms with E-state index in [0.29, 0.717) is 13.0 Å². The van der Waals surface area contributed by atoms with E-state index in [1.54, 1.807) is 7.11 Å². The Morgan fingerprint density at radius 3 is 2.83 bits per heavy atom. The average Bonchev–Trinajstić information content (AvgIpc) is 2.37. The summed E-state index contributed by atoms with van der Waals surface area (Å²) in [6.07, 6.45) is 1.32. The minimum Gasteiger partial charge on any atom is -0.460 e. The van der Waals surface area contributed by atoms with Gasteiger partial charge in [-0.2, -0.15) is 0 Å². The van der Waals surface area contributed by atoms with Crippen LogP contribution in [0.4, 0.5) is 0 Å². The van der Waals surface area contributed by atoms with Crippen molar-refractivity contribution in [3.05, 3.63) is 34.3 Å². The Balaban J connectivity index is 2.34. The quantitative estimate of drug-likeness (QED) is 0.619. The van der Waals surface area contributed by atoms with E-state index in [1.165, 1.54) is 0 Å². The van der Waals surface area contributed by atoms with Crippen molar-refractivity contribution in [2.24, 2.45) is 5.73 Å². The summed E-state index contributed by atoms with van der Waals surface area (Å²) < 4.78 is 11.0. The van der Waals surface area contributed by atoms with Gasteiger partial charge >= 0.3 is 5.97 Å². The molecule has 1 atom stereocenters. The molecule has 0 aliphatic heterocycles. The molecule has 1 aromatic rings. The average molecular weight is 316 g/mol. The summed E-state index contributed by atoms with van der Waals surface area (Å²) in [4.78, 5) is 11.6. The number of hydrogen-bond donors (Lipinski definition) is 1. The maximum atomic E-state index is 11.6. The van der Waals surface area contributed by atoms with Gasteiger partial charge in [0.2, 0.25) is 0 Å². The Labute approximate surface area is 116 Å². The summed E-state index contributed by atoms with van der Waals surface area (Å²) in [5.41, 5.74) is 6.64. The van der Waals surface area contributed by atoms with Crippen molar-refractivity contribution in [2.45, 2.75) is 25.5 Å². The van der Waals surface area contributed by atoms with Gasteiger partial charge in [0.15, 0.2) is 0 Å². The van der Waals surface area contributed by atoms with Crippen LogP contribution >= 0.6 is 15.9 Å². The molecule has 0 heterocycles. The Bertz CT molecular complexity index is 384. The normalized spacial score (nSPS) is 12.2. The highest BCUT2D eigenvalue weighted by molar-refractivity contribution is 9.10. The third kappa shape index (κ3) is 5.16. The highest BCUT2D eigenvalue weighted by atomic mass is 79.9. The summed E-state index contributed by atoms with van der Waals surface area (Å²) >= 11 is 3.40. The van der Waals surface area contributed by atoms with Crippen LogP contribution in [-0.2, 0) is 20.9 Å². The highest BCUT2D eigenvalue weighted by Gasteiger charge is 2.14. The van der Waals surface area contributed by atoms with Gasteiger partial charge in [-0.05, 0) is 18.9 Å². The molecule has 1 aromatic carbocycles. The topological polar surface area (TPSA) is 61.5 Å². The fourth-order valence-corrected chi connectivity index (χ4v) is 1.84. The molecule has 0 fully saturated rings. The number of hydrogen-bond acceptors (Lipinski definition) is 4. The second kappa shape index (κ2) is 8.24. The van der Waals surface area contributed by atoms with E-state index in [-0.39, 0.29) is 12.6 Å². The Morgan fingerprint density at radius 1 is 1.44 bits per heavy atom. The molecule has 0 amide bonds. The van der Waals surface area contributed by atoms with Crippen LogP contribution in [0.5, 0.6) is 0 Å². The van der Waals surface area contributed by atoms with E-state index in [1.807, 2.05) is 24.3 Å². The lowest BCUT2D eigenvalue weighted by molar-refractivity contribution is -0.146. The van der Waals surface area contributed by atoms with E-state index < -0.39 is 6.04 Å². The van der Waals surface area contributed by atoms with Crippen LogP contribution < -0.4 is 5.73 Å². The number of methoxy groups -OCH3 is 1. The lowest BCUT2D eigenvalue weighted by atomic mass is 10.2. The Kier molecular flexibility index (Phi) is 6.93. The van der Waals surface area contributed by atoms with E-state index in [0.717, 1.165) is 16.5 Å². The van der Waals surface area contributed by atoms with E-state index >= 15 is 0 Å². The van der Waals surface area contributed by atoms with Crippen LogP contribution in [0.25, 0.3) is 0 Å². The van der Waals surface area contributed by atoms with Gasteiger partial charge in [0, 0.05) is 23.8 Å². The maximum absolute atomic E-state index is 11.6. The van der Waals surface area contributed by atoms with Crippen LogP contribution in [-0.4, -0.2) is 25.7 Å². The number of carbonyl (C=O) groups is 1. The lowest BCUT2D eigenvalue weighted by Crippen LogP contribution is -2.32. The van der Waals surface area contributed by atoms with Crippen molar-refractivity contribution in [1.29, 1.82) is 0 Å². The molecular weight excluding hydrogens is 298 g/mol. The number of esters is 1. The van der Waals surface area contributed by atoms with Crippen molar-refractivity contribution in [3.8, 4) is 0 Å². The summed E-state index contributed by atoms with van der Waals surface area (Å²) in [6.45, 7) is 0.837. The molecule has 18 heavy (non-hydrogen) atoms. The van der Waals surface area contributed by atoms with Gasteiger partial charge in [-0.25, -0.2) is 0 Å². The lowest BCUT2D eigenvalue weighted by Gasteiger charge is -2.11. The summed E-state index contributed by atoms with van der Waals surface area (Å²) in [5.74, 6) is -0.373. The van der Waals surface area contributed by atoms with Crippen LogP contribution in [0.15, 0.2) is 28.7 Å². The molecule has 0 saturated heterocycles. The molecule has 0 bridgehead atoms. The molecule has 0 spiro atoms. The second-order valence-corrected chi connectivity index (χ2v) is 4.79. The first kappa shape index (κ1) is 15.1. The largest absolute Gasteiger partial charge is 0.460 e. The number of halogens is 1. The monoisotopic (exact) mass is 315 g/mol. The zero-order valence-electron chi connectivity index (χ0n) is 10.4. The molecule has 0 aliphatic carbocycles. The smallest absolute Gasteiger partial charge is 0.323 e. The van der Waals surface area contributed by atoms with Crippen LogP contribution in [0.3, 0.4) is 0 Å². The van der Waals surface area contributed by atoms with Crippen molar-refractivity contribution in [1.82, 2.24) is 0 Å². The van der Waals surface area contributed by atoms with Gasteiger partial charge in [-0.15, -0.1) is 0 Å². The molecule has 0 radical (unpaired) electrons. The molecule has 0 aromatic heterocycles. The predicted molar refractivity (Wildman–Crippen MR) is 73.0 cm³/mol. The fraction of sp³-hybridized carbons (Fsp3) is 0.462. The molecule has 0 saturated carbocycles. The van der Waals surface area contributed by atoms with E-state index in [4.69, 9.17) is 15.2 Å². The molecule has 5 heteroatoms. The summed E-state index contributed by atoms with van der Waals surface area (Å²) in [7, 11) is 1.62. The van der Waals surface area contributed by atoms with Crippen molar-refractivity contribution in [3.63, 3.8) is 0 Å². The summed E-state index contributed by atoms with van der Waals surface area (Å²) in [5, 5.41) is 0. The molecule has 4 nitrogen and oxygen atoms in total. The minimum absolute atomic E-state index is 0.234. The zero-order valence-corrected chi connectivity index (χ0v) is 12.0. The van der Waals surface area contributed by atoms with Crippen LogP contribution in [0.2, 0.25) is 0 Å². The van der Waals surface area contributed by atoms with Gasteiger partial charge in [0.25, 0.3) is 0 Å². The van der Waals surface area contributed by atoms with E-state index in [9.17, 15) is 4.79 Å². The standard InChI is InChI=1S/C13H18BrNO3/c1-17-8-4-7-12(15)13(16)18-9-10-5-2-3-6-11(10)14/h2-3,5-6,12H,4,7-9,15H2,1H3. The number of nitrogens with two attached hydrogens (primary N) is 1. The van der Waals surface area contributed by atoms with Crippen molar-refractivity contribution >= 4 is 21.9 Å². The summed E-state index contributed by atoms with van der Waals surface area (Å²) in [6, 6.07) is 7.02. The third-order valence-electron chi connectivity index (χ3n) is 2.49. The van der Waals surface area contributed by atoms with Gasteiger partial charge < -0.3 is 15.2 Å². The first-order chi connectivity index (χ1) is 8.65.